The monoisotopic (exact) mass is 329 g/mol. The van der Waals surface area contributed by atoms with Crippen molar-refractivity contribution in [1.29, 1.82) is 0 Å². The lowest BCUT2D eigenvalue weighted by atomic mass is 9.91. The van der Waals surface area contributed by atoms with E-state index in [9.17, 15) is 4.79 Å². The maximum Gasteiger partial charge on any atom is 0.278 e. The lowest BCUT2D eigenvalue weighted by Crippen LogP contribution is -2.37. The highest BCUT2D eigenvalue weighted by atomic mass is 16.5. The van der Waals surface area contributed by atoms with Crippen LogP contribution < -0.4 is 9.64 Å². The molecule has 24 heavy (non-hydrogen) atoms. The maximum atomic E-state index is 13.0. The van der Waals surface area contributed by atoms with E-state index in [2.05, 4.69) is 18.1 Å². The van der Waals surface area contributed by atoms with Gasteiger partial charge in [-0.25, -0.2) is 0 Å². The van der Waals surface area contributed by atoms with Gasteiger partial charge in [0.25, 0.3) is 5.91 Å². The highest BCUT2D eigenvalue weighted by Gasteiger charge is 2.30. The van der Waals surface area contributed by atoms with Crippen LogP contribution in [0.4, 0.5) is 5.69 Å². The smallest absolute Gasteiger partial charge is 0.278 e. The van der Waals surface area contributed by atoms with E-state index in [0.29, 0.717) is 31.3 Å². The van der Waals surface area contributed by atoms with Crippen molar-refractivity contribution in [2.45, 2.75) is 25.8 Å². The van der Waals surface area contributed by atoms with Crippen molar-refractivity contribution >= 4 is 11.6 Å². The number of benzene rings is 1. The molecule has 0 fully saturated rings. The summed E-state index contributed by atoms with van der Waals surface area (Å²) in [4.78, 5) is 14.8. The quantitative estimate of drug-likeness (QED) is 0.846. The number of ether oxygens (including phenoxy) is 2. The SMILES string of the molecule is COCCn1ccc(C(=O)N2CC[C@H](C)c3cccc(OC)c32)n1. The Morgan fingerprint density at radius 3 is 2.92 bits per heavy atom. The molecule has 0 aliphatic carbocycles. The standard InChI is InChI=1S/C18H23N3O3/c1-13-7-10-21(17-14(13)5-4-6-16(17)24-3)18(22)15-8-9-20(19-15)11-12-23-2/h4-6,8-9,13H,7,10-12H2,1-3H3/t13-/m0/s1. The molecule has 3 rings (SSSR count). The van der Waals surface area contributed by atoms with Gasteiger partial charge < -0.3 is 14.4 Å². The van der Waals surface area contributed by atoms with Gasteiger partial charge in [0.1, 0.15) is 5.75 Å². The second kappa shape index (κ2) is 7.05. The predicted octanol–water partition coefficient (Wildman–Crippen LogP) is 2.69. The number of carbonyl (C=O) groups is 1. The van der Waals surface area contributed by atoms with Crippen LogP contribution in [0.1, 0.15) is 35.3 Å². The summed E-state index contributed by atoms with van der Waals surface area (Å²) in [6.45, 7) is 4.03. The zero-order chi connectivity index (χ0) is 17.1. The normalized spacial score (nSPS) is 16.8. The number of hydrogen-bond acceptors (Lipinski definition) is 4. The van der Waals surface area contributed by atoms with Gasteiger partial charge in [0.15, 0.2) is 5.69 Å². The lowest BCUT2D eigenvalue weighted by molar-refractivity contribution is 0.0977. The molecule has 0 radical (unpaired) electrons. The minimum Gasteiger partial charge on any atom is -0.495 e. The average Bonchev–Trinajstić information content (AvgIpc) is 3.08. The minimum atomic E-state index is -0.0937. The van der Waals surface area contributed by atoms with Crippen LogP contribution in [0.3, 0.4) is 0 Å². The maximum absolute atomic E-state index is 13.0. The second-order valence-corrected chi connectivity index (χ2v) is 6.00. The molecule has 0 saturated heterocycles. The van der Waals surface area contributed by atoms with E-state index >= 15 is 0 Å². The fourth-order valence-electron chi connectivity index (χ4n) is 3.11. The van der Waals surface area contributed by atoms with Crippen LogP contribution in [0.25, 0.3) is 0 Å². The molecular weight excluding hydrogens is 306 g/mol. The molecule has 1 aromatic heterocycles. The molecule has 2 heterocycles. The molecule has 6 heteroatoms. The molecule has 1 aromatic carbocycles. The van der Waals surface area contributed by atoms with Gasteiger partial charge in [0.05, 0.1) is 25.9 Å². The van der Waals surface area contributed by atoms with Crippen LogP contribution in [-0.2, 0) is 11.3 Å². The highest BCUT2D eigenvalue weighted by molar-refractivity contribution is 6.06. The zero-order valence-corrected chi connectivity index (χ0v) is 14.4. The first kappa shape index (κ1) is 16.5. The summed E-state index contributed by atoms with van der Waals surface area (Å²) < 4.78 is 12.3. The van der Waals surface area contributed by atoms with E-state index in [1.165, 1.54) is 0 Å². The number of hydrogen-bond donors (Lipinski definition) is 0. The number of anilines is 1. The van der Waals surface area contributed by atoms with E-state index in [0.717, 1.165) is 23.4 Å². The van der Waals surface area contributed by atoms with Crippen molar-refractivity contribution < 1.29 is 14.3 Å². The number of fused-ring (bicyclic) bond motifs is 1. The Balaban J connectivity index is 1.91. The average molecular weight is 329 g/mol. The molecule has 0 bridgehead atoms. The Morgan fingerprint density at radius 2 is 2.17 bits per heavy atom. The van der Waals surface area contributed by atoms with Crippen LogP contribution in [0.2, 0.25) is 0 Å². The summed E-state index contributed by atoms with van der Waals surface area (Å²) in [5.41, 5.74) is 2.46. The van der Waals surface area contributed by atoms with Gasteiger partial charge >= 0.3 is 0 Å². The number of amides is 1. The Hall–Kier alpha value is -2.34. The lowest BCUT2D eigenvalue weighted by Gasteiger charge is -2.33. The molecule has 0 N–H and O–H groups in total. The summed E-state index contributed by atoms with van der Waals surface area (Å²) in [6.07, 6.45) is 2.73. The van der Waals surface area contributed by atoms with Crippen molar-refractivity contribution in [2.24, 2.45) is 0 Å². The van der Waals surface area contributed by atoms with Crippen LogP contribution in [-0.4, -0.2) is 43.1 Å². The van der Waals surface area contributed by atoms with Crippen molar-refractivity contribution in [2.75, 3.05) is 32.3 Å². The van der Waals surface area contributed by atoms with E-state index in [1.807, 2.05) is 18.3 Å². The number of nitrogens with zero attached hydrogens (tertiary/aromatic N) is 3. The van der Waals surface area contributed by atoms with Crippen LogP contribution in [0.5, 0.6) is 5.75 Å². The van der Waals surface area contributed by atoms with E-state index < -0.39 is 0 Å². The summed E-state index contributed by atoms with van der Waals surface area (Å²) in [5, 5.41) is 4.37. The fourth-order valence-corrected chi connectivity index (χ4v) is 3.11. The number of rotatable bonds is 5. The van der Waals surface area contributed by atoms with Crippen molar-refractivity contribution in [3.63, 3.8) is 0 Å². The first-order chi connectivity index (χ1) is 11.7. The van der Waals surface area contributed by atoms with E-state index in [4.69, 9.17) is 9.47 Å². The van der Waals surface area contributed by atoms with Crippen LogP contribution in [0.15, 0.2) is 30.5 Å². The third-order valence-corrected chi connectivity index (χ3v) is 4.47. The van der Waals surface area contributed by atoms with Crippen molar-refractivity contribution in [1.82, 2.24) is 9.78 Å². The van der Waals surface area contributed by atoms with Crippen LogP contribution >= 0.6 is 0 Å². The van der Waals surface area contributed by atoms with Crippen LogP contribution in [0, 0.1) is 0 Å². The zero-order valence-electron chi connectivity index (χ0n) is 14.4. The van der Waals surface area contributed by atoms with Gasteiger partial charge in [-0.2, -0.15) is 5.10 Å². The fraction of sp³-hybridized carbons (Fsp3) is 0.444. The molecule has 1 aliphatic heterocycles. The van der Waals surface area contributed by atoms with Gasteiger partial charge in [0.2, 0.25) is 0 Å². The summed E-state index contributed by atoms with van der Waals surface area (Å²) in [5.74, 6) is 1.04. The molecule has 128 valence electrons. The van der Waals surface area contributed by atoms with Crippen molar-refractivity contribution in [3.05, 3.63) is 41.7 Å². The summed E-state index contributed by atoms with van der Waals surface area (Å²) >= 11 is 0. The predicted molar refractivity (Wildman–Crippen MR) is 91.8 cm³/mol. The third kappa shape index (κ3) is 3.01. The molecule has 1 aliphatic rings. The molecule has 1 atom stereocenters. The molecule has 0 saturated carbocycles. The topological polar surface area (TPSA) is 56.6 Å². The molecular formula is C18H23N3O3. The molecule has 1 amide bonds. The van der Waals surface area contributed by atoms with Gasteiger partial charge in [-0.15, -0.1) is 0 Å². The van der Waals surface area contributed by atoms with Gasteiger partial charge in [-0.3, -0.25) is 9.48 Å². The Kier molecular flexibility index (Phi) is 4.85. The van der Waals surface area contributed by atoms with E-state index in [-0.39, 0.29) is 5.91 Å². The van der Waals surface area contributed by atoms with Gasteiger partial charge in [0, 0.05) is 19.9 Å². The number of para-hydroxylation sites is 1. The Labute approximate surface area is 142 Å². The van der Waals surface area contributed by atoms with Gasteiger partial charge in [-0.1, -0.05) is 19.1 Å². The minimum absolute atomic E-state index is 0.0937. The molecule has 0 unspecified atom stereocenters. The number of carbonyl (C=O) groups excluding carboxylic acids is 1. The first-order valence-electron chi connectivity index (χ1n) is 8.17. The molecule has 0 spiro atoms. The Bertz CT molecular complexity index is 726. The van der Waals surface area contributed by atoms with E-state index in [1.54, 1.807) is 29.9 Å². The molecule has 2 aromatic rings. The number of methoxy groups -OCH3 is 2. The Morgan fingerprint density at radius 1 is 1.33 bits per heavy atom. The third-order valence-electron chi connectivity index (χ3n) is 4.47. The summed E-state index contributed by atoms with van der Waals surface area (Å²) in [7, 11) is 3.28. The second-order valence-electron chi connectivity index (χ2n) is 6.00. The van der Waals surface area contributed by atoms with Gasteiger partial charge in [-0.05, 0) is 30.0 Å². The largest absolute Gasteiger partial charge is 0.495 e. The number of aromatic nitrogens is 2. The molecule has 6 nitrogen and oxygen atoms in total. The highest BCUT2D eigenvalue weighted by Crippen LogP contribution is 2.41. The first-order valence-corrected chi connectivity index (χ1v) is 8.17. The summed E-state index contributed by atoms with van der Waals surface area (Å²) in [6, 6.07) is 7.69. The van der Waals surface area contributed by atoms with Crippen molar-refractivity contribution in [3.8, 4) is 5.75 Å².